The summed E-state index contributed by atoms with van der Waals surface area (Å²) in [5.74, 6) is 1.23. The Balaban J connectivity index is 2.48. The molecule has 1 saturated carbocycles. The summed E-state index contributed by atoms with van der Waals surface area (Å²) in [5, 5.41) is 6.72. The zero-order chi connectivity index (χ0) is 15.0. The molecule has 20 heavy (non-hydrogen) atoms. The molecule has 116 valence electrons. The van der Waals surface area contributed by atoms with Crippen LogP contribution in [-0.4, -0.2) is 38.2 Å². The number of esters is 1. The monoisotopic (exact) mass is 283 g/mol. The van der Waals surface area contributed by atoms with Gasteiger partial charge < -0.3 is 15.4 Å². The molecule has 1 aliphatic carbocycles. The van der Waals surface area contributed by atoms with Crippen molar-refractivity contribution in [2.45, 2.75) is 52.5 Å². The lowest BCUT2D eigenvalue weighted by Gasteiger charge is -2.28. The first-order valence-corrected chi connectivity index (χ1v) is 7.69. The molecule has 1 aliphatic rings. The van der Waals surface area contributed by atoms with Gasteiger partial charge in [-0.2, -0.15) is 0 Å². The molecule has 0 heterocycles. The lowest BCUT2D eigenvalue weighted by molar-refractivity contribution is -0.144. The predicted octanol–water partition coefficient (Wildman–Crippen LogP) is 1.93. The first-order chi connectivity index (χ1) is 9.56. The first-order valence-electron chi connectivity index (χ1n) is 7.69. The maximum absolute atomic E-state index is 11.4. The van der Waals surface area contributed by atoms with E-state index in [9.17, 15) is 4.79 Å². The summed E-state index contributed by atoms with van der Waals surface area (Å²) in [4.78, 5) is 15.9. The van der Waals surface area contributed by atoms with Crippen molar-refractivity contribution in [2.75, 3.05) is 20.2 Å². The Morgan fingerprint density at radius 1 is 1.35 bits per heavy atom. The fourth-order valence-electron chi connectivity index (χ4n) is 2.42. The van der Waals surface area contributed by atoms with Gasteiger partial charge in [0.1, 0.15) is 0 Å². The highest BCUT2D eigenvalue weighted by Crippen LogP contribution is 2.23. The van der Waals surface area contributed by atoms with Gasteiger partial charge in [0.25, 0.3) is 0 Å². The minimum Gasteiger partial charge on any atom is -0.469 e. The summed E-state index contributed by atoms with van der Waals surface area (Å²) in [6, 6.07) is 0.498. The van der Waals surface area contributed by atoms with Gasteiger partial charge in [0.05, 0.1) is 19.6 Å². The average molecular weight is 283 g/mol. The molecule has 1 atom stereocenters. The van der Waals surface area contributed by atoms with Crippen LogP contribution in [0, 0.1) is 11.8 Å². The number of carbonyl (C=O) groups is 1. The third-order valence-corrected chi connectivity index (χ3v) is 3.83. The minimum atomic E-state index is -0.212. The maximum atomic E-state index is 11.4. The van der Waals surface area contributed by atoms with Crippen molar-refractivity contribution in [3.05, 3.63) is 0 Å². The molecule has 0 saturated heterocycles. The van der Waals surface area contributed by atoms with Crippen molar-refractivity contribution in [3.63, 3.8) is 0 Å². The Morgan fingerprint density at radius 2 is 2.00 bits per heavy atom. The summed E-state index contributed by atoms with van der Waals surface area (Å²) in [6.07, 6.45) is 4.93. The number of nitrogens with one attached hydrogen (secondary N) is 2. The molecule has 1 fully saturated rings. The van der Waals surface area contributed by atoms with Gasteiger partial charge >= 0.3 is 5.97 Å². The molecule has 1 unspecified atom stereocenters. The van der Waals surface area contributed by atoms with E-state index in [0.29, 0.717) is 12.6 Å². The molecule has 0 aromatic heterocycles. The van der Waals surface area contributed by atoms with E-state index in [1.165, 1.54) is 32.8 Å². The number of aliphatic imine (C=N–C) groups is 1. The van der Waals surface area contributed by atoms with E-state index in [1.54, 1.807) is 0 Å². The van der Waals surface area contributed by atoms with E-state index in [2.05, 4.69) is 22.5 Å². The third kappa shape index (κ3) is 5.80. The van der Waals surface area contributed by atoms with Gasteiger partial charge in [-0.05, 0) is 38.5 Å². The third-order valence-electron chi connectivity index (χ3n) is 3.83. The Morgan fingerprint density at radius 3 is 2.55 bits per heavy atom. The molecule has 0 amide bonds. The van der Waals surface area contributed by atoms with E-state index in [1.807, 2.05) is 13.8 Å². The average Bonchev–Trinajstić information content (AvgIpc) is 2.46. The van der Waals surface area contributed by atoms with Crippen LogP contribution in [0.2, 0.25) is 0 Å². The normalized spacial score (nSPS) is 24.9. The molecule has 0 bridgehead atoms. The summed E-state index contributed by atoms with van der Waals surface area (Å²) in [5.41, 5.74) is 0. The van der Waals surface area contributed by atoms with Crippen LogP contribution in [0.1, 0.15) is 46.5 Å². The Labute approximate surface area is 122 Å². The Kier molecular flexibility index (Phi) is 7.41. The molecule has 5 nitrogen and oxygen atoms in total. The molecule has 0 aromatic carbocycles. The van der Waals surface area contributed by atoms with Crippen molar-refractivity contribution in [2.24, 2.45) is 16.8 Å². The van der Waals surface area contributed by atoms with Crippen molar-refractivity contribution in [1.82, 2.24) is 10.6 Å². The van der Waals surface area contributed by atoms with E-state index >= 15 is 0 Å². The number of nitrogens with zero attached hydrogens (tertiary/aromatic N) is 1. The molecule has 0 aromatic rings. The molecule has 5 heteroatoms. The van der Waals surface area contributed by atoms with Crippen LogP contribution >= 0.6 is 0 Å². The number of guanidine groups is 1. The van der Waals surface area contributed by atoms with E-state index < -0.39 is 0 Å². The fourth-order valence-corrected chi connectivity index (χ4v) is 2.42. The molecule has 2 N–H and O–H groups in total. The van der Waals surface area contributed by atoms with Crippen LogP contribution in [0.5, 0.6) is 0 Å². The van der Waals surface area contributed by atoms with Crippen LogP contribution in [-0.2, 0) is 9.53 Å². The molecule has 1 rings (SSSR count). The quantitative estimate of drug-likeness (QED) is 0.460. The number of ether oxygens (including phenoxy) is 1. The number of methoxy groups -OCH3 is 1. The second-order valence-corrected chi connectivity index (χ2v) is 5.74. The number of hydrogen-bond donors (Lipinski definition) is 2. The lowest BCUT2D eigenvalue weighted by Crippen LogP contribution is -2.45. The number of carbonyl (C=O) groups excluding carboxylic acids is 1. The van der Waals surface area contributed by atoms with Gasteiger partial charge in [-0.15, -0.1) is 0 Å². The van der Waals surface area contributed by atoms with Gasteiger partial charge in [-0.1, -0.05) is 13.8 Å². The van der Waals surface area contributed by atoms with E-state index in [-0.39, 0.29) is 11.9 Å². The highest BCUT2D eigenvalue weighted by Gasteiger charge is 2.19. The van der Waals surface area contributed by atoms with Crippen LogP contribution in [0.25, 0.3) is 0 Å². The highest BCUT2D eigenvalue weighted by atomic mass is 16.5. The molecule has 0 radical (unpaired) electrons. The second kappa shape index (κ2) is 8.82. The SMILES string of the molecule is CCNC(=NCC(C)C(=O)OC)NC1CCC(C)CC1. The second-order valence-electron chi connectivity index (χ2n) is 5.74. The molecule has 0 aliphatic heterocycles. The van der Waals surface area contributed by atoms with Gasteiger partial charge in [-0.25, -0.2) is 0 Å². The predicted molar refractivity (Wildman–Crippen MR) is 81.7 cm³/mol. The zero-order valence-electron chi connectivity index (χ0n) is 13.2. The van der Waals surface area contributed by atoms with Gasteiger partial charge in [0.15, 0.2) is 5.96 Å². The van der Waals surface area contributed by atoms with Crippen molar-refractivity contribution >= 4 is 11.9 Å². The fraction of sp³-hybridized carbons (Fsp3) is 0.867. The highest BCUT2D eigenvalue weighted by molar-refractivity contribution is 5.80. The zero-order valence-corrected chi connectivity index (χ0v) is 13.2. The summed E-state index contributed by atoms with van der Waals surface area (Å²) in [7, 11) is 1.41. The van der Waals surface area contributed by atoms with Gasteiger partial charge in [0.2, 0.25) is 0 Å². The summed E-state index contributed by atoms with van der Waals surface area (Å²) in [6.45, 7) is 7.46. The smallest absolute Gasteiger partial charge is 0.310 e. The van der Waals surface area contributed by atoms with E-state index in [4.69, 9.17) is 4.74 Å². The van der Waals surface area contributed by atoms with E-state index in [0.717, 1.165) is 18.4 Å². The van der Waals surface area contributed by atoms with Crippen molar-refractivity contribution in [1.29, 1.82) is 0 Å². The lowest BCUT2D eigenvalue weighted by atomic mass is 9.87. The largest absolute Gasteiger partial charge is 0.469 e. The van der Waals surface area contributed by atoms with Gasteiger partial charge in [-0.3, -0.25) is 9.79 Å². The van der Waals surface area contributed by atoms with Crippen molar-refractivity contribution < 1.29 is 9.53 Å². The number of hydrogen-bond acceptors (Lipinski definition) is 3. The van der Waals surface area contributed by atoms with Crippen LogP contribution in [0.15, 0.2) is 4.99 Å². The van der Waals surface area contributed by atoms with Crippen molar-refractivity contribution in [3.8, 4) is 0 Å². The Bertz CT molecular complexity index is 323. The summed E-state index contributed by atoms with van der Waals surface area (Å²) >= 11 is 0. The van der Waals surface area contributed by atoms with Crippen LogP contribution < -0.4 is 10.6 Å². The van der Waals surface area contributed by atoms with Crippen LogP contribution in [0.3, 0.4) is 0 Å². The maximum Gasteiger partial charge on any atom is 0.310 e. The number of rotatable bonds is 5. The molecular weight excluding hydrogens is 254 g/mol. The van der Waals surface area contributed by atoms with Crippen LogP contribution in [0.4, 0.5) is 0 Å². The molecular formula is C15H29N3O2. The van der Waals surface area contributed by atoms with Gasteiger partial charge in [0, 0.05) is 12.6 Å². The summed E-state index contributed by atoms with van der Waals surface area (Å²) < 4.78 is 4.72. The minimum absolute atomic E-state index is 0.207. The molecule has 0 spiro atoms. The Hall–Kier alpha value is -1.26. The first kappa shape index (κ1) is 16.8. The topological polar surface area (TPSA) is 62.7 Å². The standard InChI is InChI=1S/C15H29N3O2/c1-5-16-15(17-10-12(3)14(19)20-4)18-13-8-6-11(2)7-9-13/h11-13H,5-10H2,1-4H3,(H2,16,17,18).